The summed E-state index contributed by atoms with van der Waals surface area (Å²) in [6.45, 7) is 0.388. The Morgan fingerprint density at radius 1 is 1.69 bits per heavy atom. The van der Waals surface area contributed by atoms with Gasteiger partial charge in [-0.1, -0.05) is 0 Å². The van der Waals surface area contributed by atoms with Crippen molar-refractivity contribution in [3.05, 3.63) is 29.6 Å². The molecule has 1 rings (SSSR count). The molecule has 1 aromatic heterocycles. The van der Waals surface area contributed by atoms with E-state index in [0.29, 0.717) is 12.2 Å². The van der Waals surface area contributed by atoms with Gasteiger partial charge in [0.15, 0.2) is 0 Å². The summed E-state index contributed by atoms with van der Waals surface area (Å²) < 4.78 is 4.86. The van der Waals surface area contributed by atoms with Crippen LogP contribution in [0.5, 0.6) is 0 Å². The summed E-state index contributed by atoms with van der Waals surface area (Å²) in [6.07, 6.45) is 2.96. The van der Waals surface area contributed by atoms with Gasteiger partial charge in [-0.2, -0.15) is 0 Å². The number of hydrogen-bond acceptors (Lipinski definition) is 4. The van der Waals surface area contributed by atoms with E-state index in [1.54, 1.807) is 19.4 Å². The average molecular weight is 182 g/mol. The van der Waals surface area contributed by atoms with Crippen LogP contribution in [0.3, 0.4) is 0 Å². The summed E-state index contributed by atoms with van der Waals surface area (Å²) in [5, 5.41) is 8.35. The molecule has 0 fully saturated rings. The first-order chi connectivity index (χ1) is 6.27. The highest BCUT2D eigenvalue weighted by Crippen LogP contribution is 2.03. The fraction of sp³-hybridized carbons (Fsp3) is 0.250. The molecule has 1 amide bonds. The van der Waals surface area contributed by atoms with Crippen LogP contribution >= 0.6 is 0 Å². The SMILES string of the molecule is COCc1cncc(C(=O)NO)c1. The Labute approximate surface area is 75.3 Å². The number of carbonyl (C=O) groups excluding carboxylic acids is 1. The number of pyridine rings is 1. The summed E-state index contributed by atoms with van der Waals surface area (Å²) in [6, 6.07) is 1.60. The maximum absolute atomic E-state index is 10.9. The molecular formula is C8H10N2O3. The normalized spacial score (nSPS) is 9.69. The van der Waals surface area contributed by atoms with Crippen molar-refractivity contribution in [2.24, 2.45) is 0 Å². The van der Waals surface area contributed by atoms with Gasteiger partial charge in [0.1, 0.15) is 0 Å². The van der Waals surface area contributed by atoms with Crippen molar-refractivity contribution in [1.29, 1.82) is 0 Å². The predicted octanol–water partition coefficient (Wildman–Crippen LogP) is 0.347. The topological polar surface area (TPSA) is 71.5 Å². The highest BCUT2D eigenvalue weighted by Gasteiger charge is 2.04. The monoisotopic (exact) mass is 182 g/mol. The zero-order valence-electron chi connectivity index (χ0n) is 7.15. The third kappa shape index (κ3) is 2.50. The number of methoxy groups -OCH3 is 1. The van der Waals surface area contributed by atoms with E-state index in [4.69, 9.17) is 9.94 Å². The van der Waals surface area contributed by atoms with E-state index in [1.807, 2.05) is 0 Å². The van der Waals surface area contributed by atoms with E-state index in [0.717, 1.165) is 5.56 Å². The van der Waals surface area contributed by atoms with E-state index in [2.05, 4.69) is 4.98 Å². The number of amides is 1. The molecule has 0 spiro atoms. The van der Waals surface area contributed by atoms with Crippen molar-refractivity contribution in [3.8, 4) is 0 Å². The van der Waals surface area contributed by atoms with Crippen molar-refractivity contribution in [1.82, 2.24) is 10.5 Å². The second-order valence-corrected chi connectivity index (χ2v) is 2.46. The zero-order valence-corrected chi connectivity index (χ0v) is 7.15. The Balaban J connectivity index is 2.85. The van der Waals surface area contributed by atoms with Crippen LogP contribution < -0.4 is 5.48 Å². The maximum atomic E-state index is 10.9. The van der Waals surface area contributed by atoms with E-state index in [9.17, 15) is 4.79 Å². The second-order valence-electron chi connectivity index (χ2n) is 2.46. The summed E-state index contributed by atoms with van der Waals surface area (Å²) >= 11 is 0. The Bertz CT molecular complexity index is 301. The van der Waals surface area contributed by atoms with Gasteiger partial charge in [0, 0.05) is 19.5 Å². The quantitative estimate of drug-likeness (QED) is 0.522. The molecule has 0 atom stereocenters. The van der Waals surface area contributed by atoms with Crippen molar-refractivity contribution >= 4 is 5.91 Å². The van der Waals surface area contributed by atoms with Gasteiger partial charge in [-0.05, 0) is 11.6 Å². The van der Waals surface area contributed by atoms with E-state index in [1.165, 1.54) is 11.7 Å². The summed E-state index contributed by atoms with van der Waals surface area (Å²) in [5.74, 6) is -0.578. The molecule has 0 bridgehead atoms. The van der Waals surface area contributed by atoms with Crippen LogP contribution in [0.15, 0.2) is 18.5 Å². The van der Waals surface area contributed by atoms with Crippen molar-refractivity contribution in [3.63, 3.8) is 0 Å². The molecule has 2 N–H and O–H groups in total. The number of ether oxygens (including phenoxy) is 1. The molecule has 5 heteroatoms. The first-order valence-corrected chi connectivity index (χ1v) is 3.65. The van der Waals surface area contributed by atoms with Gasteiger partial charge in [0.25, 0.3) is 5.91 Å². The minimum Gasteiger partial charge on any atom is -0.380 e. The average Bonchev–Trinajstić information content (AvgIpc) is 2.18. The minimum atomic E-state index is -0.578. The molecule has 0 saturated carbocycles. The van der Waals surface area contributed by atoms with Crippen LogP contribution in [-0.4, -0.2) is 23.2 Å². The van der Waals surface area contributed by atoms with Gasteiger partial charge in [0.2, 0.25) is 0 Å². The van der Waals surface area contributed by atoms with E-state index in [-0.39, 0.29) is 0 Å². The highest BCUT2D eigenvalue weighted by atomic mass is 16.5. The largest absolute Gasteiger partial charge is 0.380 e. The summed E-state index contributed by atoms with van der Waals surface area (Å²) in [5.41, 5.74) is 2.61. The molecule has 70 valence electrons. The third-order valence-corrected chi connectivity index (χ3v) is 1.47. The first kappa shape index (κ1) is 9.63. The Kier molecular flexibility index (Phi) is 3.36. The summed E-state index contributed by atoms with van der Waals surface area (Å²) in [7, 11) is 1.55. The van der Waals surface area contributed by atoms with Crippen LogP contribution in [0.25, 0.3) is 0 Å². The Hall–Kier alpha value is -1.46. The number of aromatic nitrogens is 1. The van der Waals surface area contributed by atoms with Gasteiger partial charge in [-0.3, -0.25) is 15.0 Å². The molecule has 0 aliphatic heterocycles. The second kappa shape index (κ2) is 4.54. The fourth-order valence-electron chi connectivity index (χ4n) is 0.922. The van der Waals surface area contributed by atoms with Crippen LogP contribution in [0, 0.1) is 0 Å². The molecule has 13 heavy (non-hydrogen) atoms. The highest BCUT2D eigenvalue weighted by molar-refractivity contribution is 5.93. The lowest BCUT2D eigenvalue weighted by Crippen LogP contribution is -2.18. The van der Waals surface area contributed by atoms with Gasteiger partial charge < -0.3 is 4.74 Å². The lowest BCUT2D eigenvalue weighted by molar-refractivity contribution is 0.0705. The Morgan fingerprint density at radius 2 is 2.46 bits per heavy atom. The first-order valence-electron chi connectivity index (χ1n) is 3.65. The lowest BCUT2D eigenvalue weighted by Gasteiger charge is -2.01. The van der Waals surface area contributed by atoms with E-state index < -0.39 is 5.91 Å². The maximum Gasteiger partial charge on any atom is 0.276 e. The lowest BCUT2D eigenvalue weighted by atomic mass is 10.2. The van der Waals surface area contributed by atoms with Crippen LogP contribution in [0.2, 0.25) is 0 Å². The molecule has 0 aliphatic carbocycles. The summed E-state index contributed by atoms with van der Waals surface area (Å²) in [4.78, 5) is 14.7. The van der Waals surface area contributed by atoms with Crippen molar-refractivity contribution in [2.75, 3.05) is 7.11 Å². The van der Waals surface area contributed by atoms with Crippen LogP contribution in [0.1, 0.15) is 15.9 Å². The molecule has 0 aromatic carbocycles. The van der Waals surface area contributed by atoms with Gasteiger partial charge in [-0.15, -0.1) is 0 Å². The third-order valence-electron chi connectivity index (χ3n) is 1.47. The number of rotatable bonds is 3. The van der Waals surface area contributed by atoms with Gasteiger partial charge in [-0.25, -0.2) is 5.48 Å². The fourth-order valence-corrected chi connectivity index (χ4v) is 0.922. The van der Waals surface area contributed by atoms with E-state index >= 15 is 0 Å². The molecule has 0 aliphatic rings. The molecule has 0 unspecified atom stereocenters. The molecular weight excluding hydrogens is 172 g/mol. The standard InChI is InChI=1S/C8H10N2O3/c1-13-5-6-2-7(4-9-3-6)8(11)10-12/h2-4,12H,5H2,1H3,(H,10,11). The molecule has 0 saturated heterocycles. The van der Waals surface area contributed by atoms with Crippen LogP contribution in [0.4, 0.5) is 0 Å². The minimum absolute atomic E-state index is 0.303. The zero-order chi connectivity index (χ0) is 9.68. The smallest absolute Gasteiger partial charge is 0.276 e. The predicted molar refractivity (Wildman–Crippen MR) is 44.2 cm³/mol. The molecule has 1 heterocycles. The van der Waals surface area contributed by atoms with Crippen molar-refractivity contribution < 1.29 is 14.7 Å². The van der Waals surface area contributed by atoms with Gasteiger partial charge in [0.05, 0.1) is 12.2 Å². The van der Waals surface area contributed by atoms with Crippen molar-refractivity contribution in [2.45, 2.75) is 6.61 Å². The van der Waals surface area contributed by atoms with Crippen LogP contribution in [-0.2, 0) is 11.3 Å². The molecule has 1 aromatic rings. The van der Waals surface area contributed by atoms with Gasteiger partial charge >= 0.3 is 0 Å². The molecule has 0 radical (unpaired) electrons. The number of nitrogens with zero attached hydrogens (tertiary/aromatic N) is 1. The number of nitrogens with one attached hydrogen (secondary N) is 1. The number of carbonyl (C=O) groups is 1. The number of hydroxylamine groups is 1. The molecule has 5 nitrogen and oxygen atoms in total. The number of hydrogen-bond donors (Lipinski definition) is 2. The Morgan fingerprint density at radius 3 is 3.08 bits per heavy atom.